The van der Waals surface area contributed by atoms with E-state index in [2.05, 4.69) is 4.98 Å². The Balaban J connectivity index is 1.86. The lowest BCUT2D eigenvalue weighted by Crippen LogP contribution is -2.22. The average molecular weight is 383 g/mol. The fourth-order valence-electron chi connectivity index (χ4n) is 3.08. The largest absolute Gasteiger partial charge is 0.269 e. The summed E-state index contributed by atoms with van der Waals surface area (Å²) >= 11 is 0. The Morgan fingerprint density at radius 3 is 2.31 bits per heavy atom. The van der Waals surface area contributed by atoms with Crippen LogP contribution in [0.5, 0.6) is 0 Å². The highest BCUT2D eigenvalue weighted by Crippen LogP contribution is 2.17. The van der Waals surface area contributed by atoms with Gasteiger partial charge in [-0.15, -0.1) is 0 Å². The SMILES string of the molecule is Cc1ccc(-n2c(/C=C/c3ccc([N+](=O)[O-])cc3)nc3ccccc3c2=O)cc1. The minimum Gasteiger partial charge on any atom is -0.268 e. The number of hydrogen-bond donors (Lipinski definition) is 0. The van der Waals surface area contributed by atoms with Crippen LogP contribution in [0, 0.1) is 17.0 Å². The van der Waals surface area contributed by atoms with Crippen molar-refractivity contribution in [3.63, 3.8) is 0 Å². The van der Waals surface area contributed by atoms with Gasteiger partial charge in [0.25, 0.3) is 11.2 Å². The zero-order valence-electron chi connectivity index (χ0n) is 15.6. The average Bonchev–Trinajstić information content (AvgIpc) is 2.73. The van der Waals surface area contributed by atoms with Gasteiger partial charge >= 0.3 is 0 Å². The molecular weight excluding hydrogens is 366 g/mol. The molecule has 6 heteroatoms. The molecule has 142 valence electrons. The number of fused-ring (bicyclic) bond motifs is 1. The highest BCUT2D eigenvalue weighted by Gasteiger charge is 2.11. The van der Waals surface area contributed by atoms with Gasteiger partial charge in [0.05, 0.1) is 21.5 Å². The third-order valence-corrected chi connectivity index (χ3v) is 4.62. The van der Waals surface area contributed by atoms with Gasteiger partial charge in [-0.05, 0) is 55.0 Å². The summed E-state index contributed by atoms with van der Waals surface area (Å²) in [6.07, 6.45) is 3.53. The molecule has 0 aliphatic heterocycles. The highest BCUT2D eigenvalue weighted by atomic mass is 16.6. The minimum absolute atomic E-state index is 0.0301. The molecular formula is C23H17N3O3. The molecule has 1 aromatic heterocycles. The molecule has 0 unspecified atom stereocenters. The molecule has 0 fully saturated rings. The van der Waals surface area contributed by atoms with Crippen LogP contribution in [-0.4, -0.2) is 14.5 Å². The molecule has 0 N–H and O–H groups in total. The van der Waals surface area contributed by atoms with Crippen molar-refractivity contribution in [3.8, 4) is 5.69 Å². The van der Waals surface area contributed by atoms with Gasteiger partial charge in [-0.2, -0.15) is 0 Å². The maximum atomic E-state index is 13.2. The second kappa shape index (κ2) is 7.52. The molecule has 0 saturated heterocycles. The van der Waals surface area contributed by atoms with E-state index in [1.165, 1.54) is 12.1 Å². The normalized spacial score (nSPS) is 11.2. The Labute approximate surface area is 166 Å². The second-order valence-corrected chi connectivity index (χ2v) is 6.65. The molecule has 0 atom stereocenters. The second-order valence-electron chi connectivity index (χ2n) is 6.65. The lowest BCUT2D eigenvalue weighted by Gasteiger charge is -2.11. The van der Waals surface area contributed by atoms with Gasteiger partial charge < -0.3 is 0 Å². The number of para-hydroxylation sites is 1. The van der Waals surface area contributed by atoms with E-state index >= 15 is 0 Å². The number of aromatic nitrogens is 2. The van der Waals surface area contributed by atoms with E-state index in [1.807, 2.05) is 43.3 Å². The monoisotopic (exact) mass is 383 g/mol. The molecule has 4 aromatic rings. The fourth-order valence-corrected chi connectivity index (χ4v) is 3.08. The predicted molar refractivity (Wildman–Crippen MR) is 114 cm³/mol. The zero-order chi connectivity index (χ0) is 20.4. The molecule has 3 aromatic carbocycles. The van der Waals surface area contributed by atoms with Crippen LogP contribution in [0.3, 0.4) is 0 Å². The van der Waals surface area contributed by atoms with Crippen LogP contribution in [0.1, 0.15) is 17.0 Å². The molecule has 0 saturated carbocycles. The molecule has 0 amide bonds. The molecule has 0 aliphatic carbocycles. The van der Waals surface area contributed by atoms with Crippen LogP contribution >= 0.6 is 0 Å². The summed E-state index contributed by atoms with van der Waals surface area (Å²) in [7, 11) is 0. The Bertz CT molecular complexity index is 1290. The third-order valence-electron chi connectivity index (χ3n) is 4.62. The van der Waals surface area contributed by atoms with Crippen molar-refractivity contribution in [2.75, 3.05) is 0 Å². The molecule has 4 rings (SSSR count). The van der Waals surface area contributed by atoms with Gasteiger partial charge in [0, 0.05) is 12.1 Å². The van der Waals surface area contributed by atoms with Gasteiger partial charge in [-0.25, -0.2) is 4.98 Å². The lowest BCUT2D eigenvalue weighted by molar-refractivity contribution is -0.384. The van der Waals surface area contributed by atoms with E-state index < -0.39 is 4.92 Å². The van der Waals surface area contributed by atoms with E-state index in [-0.39, 0.29) is 11.2 Å². The lowest BCUT2D eigenvalue weighted by atomic mass is 10.1. The quantitative estimate of drug-likeness (QED) is 0.375. The Morgan fingerprint density at radius 1 is 0.931 bits per heavy atom. The molecule has 1 heterocycles. The number of nitrogens with zero attached hydrogens (tertiary/aromatic N) is 3. The number of benzene rings is 3. The van der Waals surface area contributed by atoms with Crippen LogP contribution in [0.25, 0.3) is 28.7 Å². The molecule has 6 nitrogen and oxygen atoms in total. The summed E-state index contributed by atoms with van der Waals surface area (Å²) in [5, 5.41) is 11.4. The first kappa shape index (κ1) is 18.3. The topological polar surface area (TPSA) is 78.0 Å². The molecule has 0 radical (unpaired) electrons. The Hall–Kier alpha value is -4.06. The van der Waals surface area contributed by atoms with E-state index in [1.54, 1.807) is 41.0 Å². The molecule has 0 spiro atoms. The first-order chi connectivity index (χ1) is 14.0. The van der Waals surface area contributed by atoms with Gasteiger partial charge in [0.2, 0.25) is 0 Å². The van der Waals surface area contributed by atoms with E-state index in [9.17, 15) is 14.9 Å². The van der Waals surface area contributed by atoms with Crippen LogP contribution in [0.15, 0.2) is 77.6 Å². The van der Waals surface area contributed by atoms with Crippen molar-refractivity contribution in [3.05, 3.63) is 110 Å². The molecule has 0 aliphatic rings. The number of rotatable bonds is 4. The third kappa shape index (κ3) is 3.68. The van der Waals surface area contributed by atoms with E-state index in [0.29, 0.717) is 16.7 Å². The summed E-state index contributed by atoms with van der Waals surface area (Å²) in [5.41, 5.74) is 3.09. The van der Waals surface area contributed by atoms with Gasteiger partial charge in [-0.3, -0.25) is 19.5 Å². The van der Waals surface area contributed by atoms with Crippen molar-refractivity contribution in [1.82, 2.24) is 9.55 Å². The standard InChI is InChI=1S/C23H17N3O3/c1-16-6-11-18(12-7-16)25-22(24-21-5-3-2-4-20(21)23(25)27)15-10-17-8-13-19(14-9-17)26(28)29/h2-15H,1H3/b15-10+. The van der Waals surface area contributed by atoms with Gasteiger partial charge in [0.15, 0.2) is 0 Å². The first-order valence-electron chi connectivity index (χ1n) is 9.04. The summed E-state index contributed by atoms with van der Waals surface area (Å²) < 4.78 is 1.57. The van der Waals surface area contributed by atoms with Crippen molar-refractivity contribution in [1.29, 1.82) is 0 Å². The number of non-ortho nitro benzene ring substituents is 1. The van der Waals surface area contributed by atoms with Crippen molar-refractivity contribution in [2.24, 2.45) is 0 Å². The maximum Gasteiger partial charge on any atom is 0.269 e. The summed E-state index contributed by atoms with van der Waals surface area (Å²) in [6.45, 7) is 1.99. The highest BCUT2D eigenvalue weighted by molar-refractivity contribution is 5.80. The summed E-state index contributed by atoms with van der Waals surface area (Å²) in [6, 6.07) is 21.1. The van der Waals surface area contributed by atoms with E-state index in [4.69, 9.17) is 0 Å². The first-order valence-corrected chi connectivity index (χ1v) is 9.04. The summed E-state index contributed by atoms with van der Waals surface area (Å²) in [4.78, 5) is 28.2. The van der Waals surface area contributed by atoms with Crippen LogP contribution in [0.2, 0.25) is 0 Å². The predicted octanol–water partition coefficient (Wildman–Crippen LogP) is 4.77. The van der Waals surface area contributed by atoms with Crippen LogP contribution in [-0.2, 0) is 0 Å². The van der Waals surface area contributed by atoms with Crippen molar-refractivity contribution >= 4 is 28.7 Å². The fraction of sp³-hybridized carbons (Fsp3) is 0.0435. The van der Waals surface area contributed by atoms with Gasteiger partial charge in [-0.1, -0.05) is 35.9 Å². The number of nitro groups is 1. The molecule has 0 bridgehead atoms. The number of hydrogen-bond acceptors (Lipinski definition) is 4. The van der Waals surface area contributed by atoms with Crippen LogP contribution < -0.4 is 5.56 Å². The van der Waals surface area contributed by atoms with Crippen molar-refractivity contribution < 1.29 is 4.92 Å². The Kier molecular flexibility index (Phi) is 4.75. The number of aryl methyl sites for hydroxylation is 1. The Morgan fingerprint density at radius 2 is 1.62 bits per heavy atom. The molecule has 29 heavy (non-hydrogen) atoms. The van der Waals surface area contributed by atoms with Crippen molar-refractivity contribution in [2.45, 2.75) is 6.92 Å². The number of nitro benzene ring substituents is 1. The smallest absolute Gasteiger partial charge is 0.268 e. The summed E-state index contributed by atoms with van der Waals surface area (Å²) in [5.74, 6) is 0.482. The van der Waals surface area contributed by atoms with Crippen LogP contribution in [0.4, 0.5) is 5.69 Å². The van der Waals surface area contributed by atoms with E-state index in [0.717, 1.165) is 16.8 Å². The zero-order valence-corrected chi connectivity index (χ0v) is 15.6. The van der Waals surface area contributed by atoms with Gasteiger partial charge in [0.1, 0.15) is 5.82 Å². The minimum atomic E-state index is -0.437. The maximum absolute atomic E-state index is 13.2.